The lowest BCUT2D eigenvalue weighted by Crippen LogP contribution is -2.43. The molecule has 1 unspecified atom stereocenters. The quantitative estimate of drug-likeness (QED) is 0.551. The largest absolute Gasteiger partial charge is 0.466 e. The third kappa shape index (κ3) is 5.12. The molecule has 0 aromatic heterocycles. The molecule has 0 aromatic rings. The smallest absolute Gasteiger partial charge is 0.308 e. The van der Waals surface area contributed by atoms with Crippen molar-refractivity contribution >= 4 is 14.3 Å². The average Bonchev–Trinajstić information content (AvgIpc) is 1.99. The molecule has 4 heteroatoms. The van der Waals surface area contributed by atoms with E-state index in [4.69, 9.17) is 9.16 Å². The number of carbonyl (C=O) groups is 1. The van der Waals surface area contributed by atoms with E-state index in [-0.39, 0.29) is 17.1 Å². The van der Waals surface area contributed by atoms with Crippen LogP contribution in [0.15, 0.2) is 0 Å². The van der Waals surface area contributed by atoms with Gasteiger partial charge in [-0.15, -0.1) is 0 Å². The molecule has 0 saturated heterocycles. The van der Waals surface area contributed by atoms with Crippen molar-refractivity contribution in [3.8, 4) is 0 Å². The second-order valence-corrected chi connectivity index (χ2v) is 10.5. The van der Waals surface area contributed by atoms with Gasteiger partial charge in [0, 0.05) is 0 Å². The highest BCUT2D eigenvalue weighted by atomic mass is 28.4. The van der Waals surface area contributed by atoms with Gasteiger partial charge in [-0.05, 0) is 32.0 Å². The van der Waals surface area contributed by atoms with Gasteiger partial charge in [-0.1, -0.05) is 20.8 Å². The predicted molar refractivity (Wildman–Crippen MR) is 69.0 cm³/mol. The molecule has 16 heavy (non-hydrogen) atoms. The molecule has 0 aliphatic carbocycles. The SMILES string of the molecule is CCOC(=O)CC(C)O[Si](C)(C)C(C)(C)C. The van der Waals surface area contributed by atoms with E-state index < -0.39 is 8.32 Å². The molecule has 96 valence electrons. The zero-order valence-corrected chi connectivity index (χ0v) is 12.7. The van der Waals surface area contributed by atoms with Crippen LogP contribution in [-0.2, 0) is 14.0 Å². The molecule has 0 saturated carbocycles. The molecule has 3 nitrogen and oxygen atoms in total. The number of hydrogen-bond acceptors (Lipinski definition) is 3. The summed E-state index contributed by atoms with van der Waals surface area (Å²) in [6, 6.07) is 0. The molecule has 0 spiro atoms. The molecule has 0 radical (unpaired) electrons. The standard InChI is InChI=1S/C12H26O3Si/c1-8-14-11(13)9-10(2)15-16(6,7)12(3,4)5/h10H,8-9H2,1-7H3. The Bertz CT molecular complexity index is 231. The van der Waals surface area contributed by atoms with Crippen LogP contribution in [0.4, 0.5) is 0 Å². The van der Waals surface area contributed by atoms with Crippen LogP contribution >= 0.6 is 0 Å². The van der Waals surface area contributed by atoms with Crippen LogP contribution in [-0.4, -0.2) is 27.0 Å². The Labute approximate surface area is 101 Å². The molecular formula is C12H26O3Si. The van der Waals surface area contributed by atoms with Gasteiger partial charge in [-0.2, -0.15) is 0 Å². The van der Waals surface area contributed by atoms with Crippen molar-refractivity contribution in [2.45, 2.75) is 65.3 Å². The zero-order chi connectivity index (χ0) is 13.0. The Kier molecular flexibility index (Phi) is 5.69. The van der Waals surface area contributed by atoms with Crippen molar-refractivity contribution < 1.29 is 14.0 Å². The van der Waals surface area contributed by atoms with Crippen LogP contribution < -0.4 is 0 Å². The minimum atomic E-state index is -1.77. The van der Waals surface area contributed by atoms with Crippen LogP contribution in [0.25, 0.3) is 0 Å². The van der Waals surface area contributed by atoms with Gasteiger partial charge < -0.3 is 9.16 Å². The van der Waals surface area contributed by atoms with Gasteiger partial charge in [0.15, 0.2) is 8.32 Å². The lowest BCUT2D eigenvalue weighted by atomic mass is 10.2. The highest BCUT2D eigenvalue weighted by Gasteiger charge is 2.38. The number of ether oxygens (including phenoxy) is 1. The maximum Gasteiger partial charge on any atom is 0.308 e. The Morgan fingerprint density at radius 2 is 1.81 bits per heavy atom. The number of hydrogen-bond donors (Lipinski definition) is 0. The summed E-state index contributed by atoms with van der Waals surface area (Å²) in [5.74, 6) is -0.172. The summed E-state index contributed by atoms with van der Waals surface area (Å²) in [7, 11) is -1.77. The fourth-order valence-corrected chi connectivity index (χ4v) is 2.62. The Morgan fingerprint density at radius 1 is 1.31 bits per heavy atom. The summed E-state index contributed by atoms with van der Waals surface area (Å²) < 4.78 is 11.0. The average molecular weight is 246 g/mol. The molecule has 0 fully saturated rings. The summed E-state index contributed by atoms with van der Waals surface area (Å²) in [5, 5.41) is 0.177. The van der Waals surface area contributed by atoms with Gasteiger partial charge in [0.05, 0.1) is 19.1 Å². The second-order valence-electron chi connectivity index (χ2n) is 5.70. The van der Waals surface area contributed by atoms with Gasteiger partial charge in [0.25, 0.3) is 0 Å². The molecular weight excluding hydrogens is 220 g/mol. The summed E-state index contributed by atoms with van der Waals surface area (Å²) in [4.78, 5) is 11.3. The van der Waals surface area contributed by atoms with Crippen molar-refractivity contribution in [1.82, 2.24) is 0 Å². The topological polar surface area (TPSA) is 35.5 Å². The number of esters is 1. The first-order chi connectivity index (χ1) is 7.10. The number of carbonyl (C=O) groups excluding carboxylic acids is 1. The fourth-order valence-electron chi connectivity index (χ4n) is 1.18. The molecule has 0 N–H and O–H groups in total. The molecule has 0 amide bonds. The zero-order valence-electron chi connectivity index (χ0n) is 11.7. The van der Waals surface area contributed by atoms with Gasteiger partial charge in [0.1, 0.15) is 0 Å². The predicted octanol–water partition coefficient (Wildman–Crippen LogP) is 3.35. The summed E-state index contributed by atoms with van der Waals surface area (Å²) in [6.45, 7) is 15.1. The van der Waals surface area contributed by atoms with E-state index in [1.807, 2.05) is 13.8 Å². The highest BCUT2D eigenvalue weighted by molar-refractivity contribution is 6.74. The Balaban J connectivity index is 4.24. The van der Waals surface area contributed by atoms with Gasteiger partial charge >= 0.3 is 5.97 Å². The van der Waals surface area contributed by atoms with E-state index in [0.29, 0.717) is 13.0 Å². The van der Waals surface area contributed by atoms with Crippen molar-refractivity contribution in [1.29, 1.82) is 0 Å². The lowest BCUT2D eigenvalue weighted by molar-refractivity contribution is -0.144. The lowest BCUT2D eigenvalue weighted by Gasteiger charge is -2.38. The van der Waals surface area contributed by atoms with Crippen LogP contribution in [0.3, 0.4) is 0 Å². The molecule has 0 heterocycles. The van der Waals surface area contributed by atoms with E-state index >= 15 is 0 Å². The molecule has 0 bridgehead atoms. The van der Waals surface area contributed by atoms with Crippen molar-refractivity contribution in [2.75, 3.05) is 6.61 Å². The fraction of sp³-hybridized carbons (Fsp3) is 0.917. The third-order valence-corrected chi connectivity index (χ3v) is 7.67. The summed E-state index contributed by atoms with van der Waals surface area (Å²) >= 11 is 0. The maximum absolute atomic E-state index is 11.3. The minimum Gasteiger partial charge on any atom is -0.466 e. The molecule has 0 aromatic carbocycles. The van der Waals surface area contributed by atoms with Crippen molar-refractivity contribution in [3.63, 3.8) is 0 Å². The van der Waals surface area contributed by atoms with Gasteiger partial charge in [-0.25, -0.2) is 0 Å². The molecule has 1 atom stereocenters. The van der Waals surface area contributed by atoms with E-state index in [1.54, 1.807) is 0 Å². The third-order valence-electron chi connectivity index (χ3n) is 3.06. The monoisotopic (exact) mass is 246 g/mol. The van der Waals surface area contributed by atoms with Crippen LogP contribution in [0.2, 0.25) is 18.1 Å². The molecule has 0 aliphatic rings. The van der Waals surface area contributed by atoms with Crippen molar-refractivity contribution in [2.24, 2.45) is 0 Å². The highest BCUT2D eigenvalue weighted by Crippen LogP contribution is 2.37. The Hall–Kier alpha value is -0.353. The van der Waals surface area contributed by atoms with Crippen LogP contribution in [0.1, 0.15) is 41.0 Å². The number of rotatable bonds is 5. The van der Waals surface area contributed by atoms with Crippen LogP contribution in [0.5, 0.6) is 0 Å². The summed E-state index contributed by atoms with van der Waals surface area (Å²) in [5.41, 5.74) is 0. The Morgan fingerprint density at radius 3 is 2.19 bits per heavy atom. The first-order valence-corrected chi connectivity index (χ1v) is 8.84. The van der Waals surface area contributed by atoms with Crippen LogP contribution in [0, 0.1) is 0 Å². The van der Waals surface area contributed by atoms with Crippen molar-refractivity contribution in [3.05, 3.63) is 0 Å². The minimum absolute atomic E-state index is 0.0556. The first kappa shape index (κ1) is 15.6. The van der Waals surface area contributed by atoms with Gasteiger partial charge in [-0.3, -0.25) is 4.79 Å². The van der Waals surface area contributed by atoms with E-state index in [0.717, 1.165) is 0 Å². The van der Waals surface area contributed by atoms with E-state index in [2.05, 4.69) is 33.9 Å². The van der Waals surface area contributed by atoms with Gasteiger partial charge in [0.2, 0.25) is 0 Å². The van der Waals surface area contributed by atoms with E-state index in [1.165, 1.54) is 0 Å². The summed E-state index contributed by atoms with van der Waals surface area (Å²) in [6.07, 6.45) is 0.292. The normalized spacial score (nSPS) is 14.7. The molecule has 0 aliphatic heterocycles. The first-order valence-electron chi connectivity index (χ1n) is 5.93. The second kappa shape index (κ2) is 5.82. The molecule has 0 rings (SSSR count). The maximum atomic E-state index is 11.3. The van der Waals surface area contributed by atoms with E-state index in [9.17, 15) is 4.79 Å².